The van der Waals surface area contributed by atoms with E-state index in [4.69, 9.17) is 18.9 Å². The van der Waals surface area contributed by atoms with E-state index < -0.39 is 48.2 Å². The first kappa shape index (κ1) is 33.9. The van der Waals surface area contributed by atoms with Crippen LogP contribution in [0.3, 0.4) is 0 Å². The van der Waals surface area contributed by atoms with E-state index in [0.29, 0.717) is 19.3 Å². The van der Waals surface area contributed by atoms with Crippen LogP contribution in [0.15, 0.2) is 36.4 Å². The van der Waals surface area contributed by atoms with Crippen LogP contribution in [-0.2, 0) is 24.0 Å². The van der Waals surface area contributed by atoms with Gasteiger partial charge < -0.3 is 34.3 Å². The number of nitrogens with zero attached hydrogens (tertiary/aromatic N) is 1. The number of esters is 4. The Kier molecular flexibility index (Phi) is 12.8. The molecule has 2 aromatic carbocycles. The minimum Gasteiger partial charge on any atom is -0.480 e. The van der Waals surface area contributed by atoms with Crippen LogP contribution in [0.2, 0.25) is 0 Å². The molecule has 2 amide bonds. The summed E-state index contributed by atoms with van der Waals surface area (Å²) in [4.78, 5) is 84.7. The number of carboxylic acid groups (broad SMARTS) is 1. The van der Waals surface area contributed by atoms with Gasteiger partial charge in [0.15, 0.2) is 23.0 Å². The lowest BCUT2D eigenvalue weighted by Crippen LogP contribution is -2.37. The molecule has 2 aromatic rings. The zero-order chi connectivity index (χ0) is 32.1. The second kappa shape index (κ2) is 16.2. The van der Waals surface area contributed by atoms with Crippen molar-refractivity contribution in [2.24, 2.45) is 0 Å². The largest absolute Gasteiger partial charge is 0.480 e. The average molecular weight is 601 g/mol. The second-order valence-corrected chi connectivity index (χ2v) is 9.08. The number of ether oxygens (including phenoxy) is 4. The molecule has 14 nitrogen and oxygen atoms in total. The summed E-state index contributed by atoms with van der Waals surface area (Å²) in [6.07, 6.45) is 1.26. The Bertz CT molecular complexity index is 1400. The minimum absolute atomic E-state index is 0.0113. The first-order valence-electron chi connectivity index (χ1n) is 13.1. The molecule has 0 atom stereocenters. The Labute approximate surface area is 246 Å². The van der Waals surface area contributed by atoms with Gasteiger partial charge in [-0.3, -0.25) is 33.6 Å². The molecular formula is C29H32N2O12. The molecule has 0 aliphatic heterocycles. The molecule has 0 saturated heterocycles. The Morgan fingerprint density at radius 2 is 1.16 bits per heavy atom. The number of amides is 2. The van der Waals surface area contributed by atoms with Gasteiger partial charge in [-0.05, 0) is 43.5 Å². The van der Waals surface area contributed by atoms with Gasteiger partial charge in [-0.15, -0.1) is 0 Å². The molecule has 0 saturated carbocycles. The summed E-state index contributed by atoms with van der Waals surface area (Å²) in [5.74, 6) is -6.26. The van der Waals surface area contributed by atoms with Crippen molar-refractivity contribution in [3.05, 3.63) is 47.5 Å². The van der Waals surface area contributed by atoms with Gasteiger partial charge >= 0.3 is 29.8 Å². The number of carbonyl (C=O) groups excluding carboxylic acids is 6. The molecule has 2 rings (SSSR count). The molecule has 0 bridgehead atoms. The molecule has 0 aliphatic rings. The number of unbranched alkanes of at least 4 members (excludes halogenated alkanes) is 2. The highest BCUT2D eigenvalue weighted by atomic mass is 16.6. The zero-order valence-corrected chi connectivity index (χ0v) is 24.1. The molecule has 0 fully saturated rings. The van der Waals surface area contributed by atoms with Crippen molar-refractivity contribution >= 4 is 41.7 Å². The standard InChI is InChI=1S/C29H32N2O12/c1-17(32)40-23-12-8-10-21(26(23)42-19(3)34)28(38)30-14-6-5-7-15-31(16-25(36)37)29(39)22-11-9-13-24(41-18(2)33)27(22)43-20(4)35/h8-13H,5-7,14-16H2,1-4H3,(H,30,38)(H,36,37). The van der Waals surface area contributed by atoms with Crippen molar-refractivity contribution < 1.29 is 57.6 Å². The van der Waals surface area contributed by atoms with Crippen molar-refractivity contribution in [2.45, 2.75) is 47.0 Å². The maximum atomic E-state index is 13.3. The van der Waals surface area contributed by atoms with Gasteiger partial charge in [-0.25, -0.2) is 0 Å². The number of nitrogens with one attached hydrogen (secondary N) is 1. The lowest BCUT2D eigenvalue weighted by atomic mass is 10.1. The molecule has 0 spiro atoms. The summed E-state index contributed by atoms with van der Waals surface area (Å²) in [5.41, 5.74) is -0.186. The highest BCUT2D eigenvalue weighted by molar-refractivity contribution is 6.00. The van der Waals surface area contributed by atoms with Gasteiger partial charge in [0.2, 0.25) is 0 Å². The Balaban J connectivity index is 2.06. The summed E-state index contributed by atoms with van der Waals surface area (Å²) < 4.78 is 20.3. The number of aliphatic carboxylic acids is 1. The number of carboxylic acids is 1. The zero-order valence-electron chi connectivity index (χ0n) is 24.1. The summed E-state index contributed by atoms with van der Waals surface area (Å²) in [6, 6.07) is 8.28. The highest BCUT2D eigenvalue weighted by Crippen LogP contribution is 2.33. The molecule has 0 heterocycles. The van der Waals surface area contributed by atoms with Gasteiger partial charge in [0.05, 0.1) is 11.1 Å². The van der Waals surface area contributed by atoms with E-state index in [1.54, 1.807) is 0 Å². The maximum absolute atomic E-state index is 13.3. The number of para-hydroxylation sites is 2. The molecule has 14 heteroatoms. The minimum atomic E-state index is -1.27. The molecule has 2 N–H and O–H groups in total. The molecule has 0 aliphatic carbocycles. The summed E-state index contributed by atoms with van der Waals surface area (Å²) >= 11 is 0. The van der Waals surface area contributed by atoms with Gasteiger partial charge in [0.1, 0.15) is 6.54 Å². The fourth-order valence-corrected chi connectivity index (χ4v) is 3.83. The van der Waals surface area contributed by atoms with Crippen LogP contribution in [0.25, 0.3) is 0 Å². The number of rotatable bonds is 14. The lowest BCUT2D eigenvalue weighted by molar-refractivity contribution is -0.138. The second-order valence-electron chi connectivity index (χ2n) is 9.08. The van der Waals surface area contributed by atoms with Gasteiger partial charge in [0, 0.05) is 40.8 Å². The number of hydrogen-bond acceptors (Lipinski definition) is 11. The fourth-order valence-electron chi connectivity index (χ4n) is 3.83. The molecule has 0 unspecified atom stereocenters. The van der Waals surface area contributed by atoms with Crippen molar-refractivity contribution in [1.82, 2.24) is 10.2 Å². The molecule has 0 aromatic heterocycles. The van der Waals surface area contributed by atoms with E-state index in [-0.39, 0.29) is 47.2 Å². The van der Waals surface area contributed by atoms with Gasteiger partial charge in [0.25, 0.3) is 11.8 Å². The monoisotopic (exact) mass is 600 g/mol. The Morgan fingerprint density at radius 1 is 0.674 bits per heavy atom. The van der Waals surface area contributed by atoms with E-state index >= 15 is 0 Å². The first-order valence-corrected chi connectivity index (χ1v) is 13.1. The van der Waals surface area contributed by atoms with Crippen LogP contribution in [0, 0.1) is 0 Å². The third-order valence-corrected chi connectivity index (χ3v) is 5.44. The van der Waals surface area contributed by atoms with E-state index in [9.17, 15) is 38.7 Å². The third kappa shape index (κ3) is 10.9. The topological polar surface area (TPSA) is 192 Å². The molecule has 43 heavy (non-hydrogen) atoms. The van der Waals surface area contributed by atoms with Gasteiger partial charge in [-0.1, -0.05) is 12.1 Å². The maximum Gasteiger partial charge on any atom is 0.323 e. The van der Waals surface area contributed by atoms with Crippen LogP contribution in [0.1, 0.15) is 67.7 Å². The van der Waals surface area contributed by atoms with E-state index in [2.05, 4.69) is 5.32 Å². The van der Waals surface area contributed by atoms with E-state index in [1.807, 2.05) is 0 Å². The highest BCUT2D eigenvalue weighted by Gasteiger charge is 2.26. The molecule has 230 valence electrons. The van der Waals surface area contributed by atoms with Crippen LogP contribution in [0.4, 0.5) is 0 Å². The molecular weight excluding hydrogens is 568 g/mol. The van der Waals surface area contributed by atoms with Gasteiger partial charge in [-0.2, -0.15) is 0 Å². The predicted molar refractivity (Wildman–Crippen MR) is 148 cm³/mol. The van der Waals surface area contributed by atoms with Crippen molar-refractivity contribution in [3.8, 4) is 23.0 Å². The Morgan fingerprint density at radius 3 is 1.65 bits per heavy atom. The number of benzene rings is 2. The third-order valence-electron chi connectivity index (χ3n) is 5.44. The van der Waals surface area contributed by atoms with Crippen LogP contribution < -0.4 is 24.3 Å². The number of hydrogen-bond donors (Lipinski definition) is 2. The van der Waals surface area contributed by atoms with Crippen LogP contribution >= 0.6 is 0 Å². The van der Waals surface area contributed by atoms with Crippen molar-refractivity contribution in [1.29, 1.82) is 0 Å². The molecule has 0 radical (unpaired) electrons. The lowest BCUT2D eigenvalue weighted by Gasteiger charge is -2.22. The van der Waals surface area contributed by atoms with Crippen molar-refractivity contribution in [3.63, 3.8) is 0 Å². The van der Waals surface area contributed by atoms with Crippen LogP contribution in [0.5, 0.6) is 23.0 Å². The summed E-state index contributed by atoms with van der Waals surface area (Å²) in [5, 5.41) is 12.0. The predicted octanol–water partition coefficient (Wildman–Crippen LogP) is 2.51. The van der Waals surface area contributed by atoms with Crippen molar-refractivity contribution in [2.75, 3.05) is 19.6 Å². The fraction of sp³-hybridized carbons (Fsp3) is 0.345. The normalized spacial score (nSPS) is 10.2. The number of carbonyl (C=O) groups is 7. The first-order chi connectivity index (χ1) is 20.3. The SMILES string of the molecule is CC(=O)Oc1cccc(C(=O)NCCCCCN(CC(=O)O)C(=O)c2cccc(OC(C)=O)c2OC(C)=O)c1OC(C)=O. The summed E-state index contributed by atoms with van der Waals surface area (Å²) in [7, 11) is 0. The van der Waals surface area contributed by atoms with Crippen LogP contribution in [-0.4, -0.2) is 71.3 Å². The quantitative estimate of drug-likeness (QED) is 0.183. The smallest absolute Gasteiger partial charge is 0.323 e. The Hall–Kier alpha value is -5.27. The van der Waals surface area contributed by atoms with E-state index in [0.717, 1.165) is 32.6 Å². The van der Waals surface area contributed by atoms with E-state index in [1.165, 1.54) is 36.4 Å². The average Bonchev–Trinajstić information content (AvgIpc) is 2.90. The summed E-state index contributed by atoms with van der Waals surface area (Å²) in [6.45, 7) is 4.07.